The van der Waals surface area contributed by atoms with Crippen LogP contribution in [-0.2, 0) is 27.9 Å². The van der Waals surface area contributed by atoms with Crippen molar-refractivity contribution in [3.05, 3.63) is 99.5 Å². The topological polar surface area (TPSA) is 104 Å². The number of hydrogen-bond donors (Lipinski definition) is 2. The molecule has 10 heteroatoms. The lowest BCUT2D eigenvalue weighted by atomic mass is 10.0. The van der Waals surface area contributed by atoms with Crippen LogP contribution in [0.15, 0.2) is 77.7 Å². The van der Waals surface area contributed by atoms with Crippen molar-refractivity contribution < 1.29 is 23.1 Å². The fourth-order valence-corrected chi connectivity index (χ4v) is 5.73. The zero-order valence-corrected chi connectivity index (χ0v) is 22.0. The zero-order valence-electron chi connectivity index (χ0n) is 19.7. The summed E-state index contributed by atoms with van der Waals surface area (Å²) in [6, 6.07) is 18.7. The molecule has 7 nitrogen and oxygen atoms in total. The van der Waals surface area contributed by atoms with Gasteiger partial charge in [-0.05, 0) is 47.4 Å². The van der Waals surface area contributed by atoms with E-state index in [0.29, 0.717) is 5.56 Å². The number of benzene rings is 3. The van der Waals surface area contributed by atoms with Gasteiger partial charge in [0.05, 0.1) is 5.02 Å². The lowest BCUT2D eigenvalue weighted by Gasteiger charge is -2.24. The SMILES string of the molecule is CC(C)[C@H](NC(=O)c1cccc(CN(Cc2ccccc2)S(=O)(=O)c2cc(Cl)ccc2Cl)c1)C(=O)O. The second-order valence-electron chi connectivity index (χ2n) is 8.57. The third-order valence-corrected chi connectivity index (χ3v) is 7.99. The van der Waals surface area contributed by atoms with Gasteiger partial charge < -0.3 is 10.4 Å². The minimum absolute atomic E-state index is 0.0407. The molecule has 0 saturated heterocycles. The molecule has 0 heterocycles. The maximum Gasteiger partial charge on any atom is 0.326 e. The van der Waals surface area contributed by atoms with Crippen LogP contribution in [0.2, 0.25) is 10.0 Å². The van der Waals surface area contributed by atoms with Crippen molar-refractivity contribution >= 4 is 45.1 Å². The molecule has 0 aromatic heterocycles. The normalized spacial score (nSPS) is 12.5. The predicted octanol–water partition coefficient (Wildman–Crippen LogP) is 5.22. The highest BCUT2D eigenvalue weighted by molar-refractivity contribution is 7.89. The molecule has 0 aliphatic heterocycles. The minimum atomic E-state index is -4.09. The van der Waals surface area contributed by atoms with E-state index in [-0.39, 0.29) is 39.5 Å². The van der Waals surface area contributed by atoms with E-state index < -0.39 is 27.9 Å². The molecule has 0 saturated carbocycles. The standard InChI is InChI=1S/C26H26Cl2N2O5S/c1-17(2)24(26(32)33)29-25(31)20-10-6-9-19(13-20)16-30(15-18-7-4-3-5-8-18)36(34,35)23-14-21(27)11-12-22(23)28/h3-14,17,24H,15-16H2,1-2H3,(H,29,31)(H,32,33)/t24-/m0/s1. The van der Waals surface area contributed by atoms with E-state index in [0.717, 1.165) is 5.56 Å². The van der Waals surface area contributed by atoms with Crippen molar-refractivity contribution in [2.45, 2.75) is 37.9 Å². The Morgan fingerprint density at radius 3 is 2.19 bits per heavy atom. The molecule has 0 fully saturated rings. The van der Waals surface area contributed by atoms with Crippen LogP contribution < -0.4 is 5.32 Å². The van der Waals surface area contributed by atoms with Crippen LogP contribution in [0, 0.1) is 5.92 Å². The average Bonchev–Trinajstić information content (AvgIpc) is 2.83. The molecule has 0 aliphatic rings. The molecule has 1 amide bonds. The van der Waals surface area contributed by atoms with Gasteiger partial charge in [-0.1, -0.05) is 79.5 Å². The number of carbonyl (C=O) groups excluding carboxylic acids is 1. The highest BCUT2D eigenvalue weighted by Crippen LogP contribution is 2.29. The number of nitrogens with one attached hydrogen (secondary N) is 1. The highest BCUT2D eigenvalue weighted by Gasteiger charge is 2.28. The van der Waals surface area contributed by atoms with E-state index in [1.807, 2.05) is 30.3 Å². The molecule has 0 bridgehead atoms. The molecule has 0 unspecified atom stereocenters. The number of hydrogen-bond acceptors (Lipinski definition) is 4. The molecule has 36 heavy (non-hydrogen) atoms. The number of carboxylic acids is 1. The Hall–Kier alpha value is -2.91. The Morgan fingerprint density at radius 1 is 0.917 bits per heavy atom. The Labute approximate surface area is 220 Å². The predicted molar refractivity (Wildman–Crippen MR) is 140 cm³/mol. The van der Waals surface area contributed by atoms with Crippen LogP contribution in [0.25, 0.3) is 0 Å². The Kier molecular flexibility index (Phi) is 9.13. The summed E-state index contributed by atoms with van der Waals surface area (Å²) in [4.78, 5) is 24.1. The number of rotatable bonds is 10. The third-order valence-electron chi connectivity index (χ3n) is 5.48. The maximum atomic E-state index is 13.7. The highest BCUT2D eigenvalue weighted by atomic mass is 35.5. The van der Waals surface area contributed by atoms with E-state index in [1.54, 1.807) is 38.1 Å². The minimum Gasteiger partial charge on any atom is -0.480 e. The van der Waals surface area contributed by atoms with Gasteiger partial charge in [-0.15, -0.1) is 0 Å². The van der Waals surface area contributed by atoms with Crippen LogP contribution in [0.4, 0.5) is 0 Å². The Morgan fingerprint density at radius 2 is 1.56 bits per heavy atom. The number of carbonyl (C=O) groups is 2. The van der Waals surface area contributed by atoms with Gasteiger partial charge >= 0.3 is 5.97 Å². The number of amides is 1. The molecule has 0 radical (unpaired) electrons. The van der Waals surface area contributed by atoms with Gasteiger partial charge in [-0.25, -0.2) is 13.2 Å². The van der Waals surface area contributed by atoms with Crippen LogP contribution in [0.5, 0.6) is 0 Å². The second kappa shape index (κ2) is 11.9. The third kappa shape index (κ3) is 6.85. The molecule has 3 aromatic rings. The first kappa shape index (κ1) is 27.7. The van der Waals surface area contributed by atoms with Gasteiger partial charge in [0.2, 0.25) is 10.0 Å². The fraction of sp³-hybridized carbons (Fsp3) is 0.231. The van der Waals surface area contributed by atoms with Gasteiger partial charge in [-0.3, -0.25) is 4.79 Å². The van der Waals surface area contributed by atoms with Crippen LogP contribution in [0.1, 0.15) is 35.3 Å². The largest absolute Gasteiger partial charge is 0.480 e. The number of halogens is 2. The molecule has 3 rings (SSSR count). The number of aliphatic carboxylic acids is 1. The summed E-state index contributed by atoms with van der Waals surface area (Å²) in [5.41, 5.74) is 1.52. The Bertz CT molecular complexity index is 1350. The fourth-order valence-electron chi connectivity index (χ4n) is 3.58. The summed E-state index contributed by atoms with van der Waals surface area (Å²) < 4.78 is 28.6. The van der Waals surface area contributed by atoms with E-state index >= 15 is 0 Å². The molecular weight excluding hydrogens is 523 g/mol. The van der Waals surface area contributed by atoms with Crippen molar-refractivity contribution in [1.82, 2.24) is 9.62 Å². The monoisotopic (exact) mass is 548 g/mol. The summed E-state index contributed by atoms with van der Waals surface area (Å²) in [5, 5.41) is 12.2. The number of carboxylic acid groups (broad SMARTS) is 1. The first-order chi connectivity index (χ1) is 17.0. The van der Waals surface area contributed by atoms with Crippen molar-refractivity contribution in [2.75, 3.05) is 0 Å². The second-order valence-corrected chi connectivity index (χ2v) is 11.3. The van der Waals surface area contributed by atoms with Gasteiger partial charge in [0.25, 0.3) is 5.91 Å². The van der Waals surface area contributed by atoms with Crippen molar-refractivity contribution in [1.29, 1.82) is 0 Å². The lowest BCUT2D eigenvalue weighted by Crippen LogP contribution is -2.44. The molecule has 0 spiro atoms. The number of sulfonamides is 1. The van der Waals surface area contributed by atoms with Gasteiger partial charge in [-0.2, -0.15) is 4.31 Å². The summed E-state index contributed by atoms with van der Waals surface area (Å²) in [7, 11) is -4.09. The van der Waals surface area contributed by atoms with E-state index in [4.69, 9.17) is 23.2 Å². The molecule has 0 aliphatic carbocycles. The van der Waals surface area contributed by atoms with Gasteiger partial charge in [0, 0.05) is 23.7 Å². The van der Waals surface area contributed by atoms with Crippen molar-refractivity contribution in [3.8, 4) is 0 Å². The first-order valence-electron chi connectivity index (χ1n) is 11.1. The van der Waals surface area contributed by atoms with Crippen LogP contribution >= 0.6 is 23.2 Å². The quantitative estimate of drug-likeness (QED) is 0.361. The van der Waals surface area contributed by atoms with Crippen molar-refractivity contribution in [3.63, 3.8) is 0 Å². The molecule has 3 aromatic carbocycles. The summed E-state index contributed by atoms with van der Waals surface area (Å²) in [6.07, 6.45) is 0. The van der Waals surface area contributed by atoms with E-state index in [2.05, 4.69) is 5.32 Å². The van der Waals surface area contributed by atoms with Gasteiger partial charge in [0.15, 0.2) is 0 Å². The summed E-state index contributed by atoms with van der Waals surface area (Å²) in [6.45, 7) is 3.39. The van der Waals surface area contributed by atoms with E-state index in [9.17, 15) is 23.1 Å². The molecular formula is C26H26Cl2N2O5S. The smallest absolute Gasteiger partial charge is 0.326 e. The van der Waals surface area contributed by atoms with Crippen LogP contribution in [-0.4, -0.2) is 35.7 Å². The zero-order chi connectivity index (χ0) is 26.5. The summed E-state index contributed by atoms with van der Waals surface area (Å²) in [5.74, 6) is -2.01. The van der Waals surface area contributed by atoms with Crippen LogP contribution in [0.3, 0.4) is 0 Å². The lowest BCUT2D eigenvalue weighted by molar-refractivity contribution is -0.140. The number of nitrogens with zero attached hydrogens (tertiary/aromatic N) is 1. The molecule has 1 atom stereocenters. The summed E-state index contributed by atoms with van der Waals surface area (Å²) >= 11 is 12.3. The van der Waals surface area contributed by atoms with E-state index in [1.165, 1.54) is 22.5 Å². The maximum absolute atomic E-state index is 13.7. The first-order valence-corrected chi connectivity index (χ1v) is 13.3. The molecule has 190 valence electrons. The van der Waals surface area contributed by atoms with Gasteiger partial charge in [0.1, 0.15) is 10.9 Å². The molecule has 2 N–H and O–H groups in total. The van der Waals surface area contributed by atoms with Crippen molar-refractivity contribution in [2.24, 2.45) is 5.92 Å². The Balaban J connectivity index is 1.95. The average molecular weight is 549 g/mol.